The van der Waals surface area contributed by atoms with Crippen LogP contribution in [0.5, 0.6) is 0 Å². The Balaban J connectivity index is 1.46. The second-order valence-electron chi connectivity index (χ2n) is 8.65. The van der Waals surface area contributed by atoms with E-state index in [1.165, 1.54) is 4.31 Å². The number of anilines is 2. The van der Waals surface area contributed by atoms with Gasteiger partial charge in [0.2, 0.25) is 10.0 Å². The standard InChI is InChI=1S/C27H29N3O5S/c1-36(33,34)30(19-20-8-3-2-4-9-20)22-15-13-21(14-16-22)26(31)29-25-12-6-5-11-24(25)27(32)28-18-23-10-7-17-35-23/h2-6,8-9,11-16,23H,7,10,17-19H2,1H3,(H,28,32)(H,29,31)/t23-/m1/s1. The molecule has 0 saturated carbocycles. The van der Waals surface area contributed by atoms with Crippen molar-refractivity contribution in [2.45, 2.75) is 25.5 Å². The van der Waals surface area contributed by atoms with Crippen LogP contribution in [0, 0.1) is 0 Å². The number of nitrogens with zero attached hydrogens (tertiary/aromatic N) is 1. The van der Waals surface area contributed by atoms with Crippen molar-refractivity contribution in [2.75, 3.05) is 29.0 Å². The van der Waals surface area contributed by atoms with E-state index in [0.717, 1.165) is 24.7 Å². The summed E-state index contributed by atoms with van der Waals surface area (Å²) in [7, 11) is -3.55. The third kappa shape index (κ3) is 6.50. The van der Waals surface area contributed by atoms with E-state index in [2.05, 4.69) is 10.6 Å². The Morgan fingerprint density at radius 2 is 1.64 bits per heavy atom. The summed E-state index contributed by atoms with van der Waals surface area (Å²) in [5.41, 5.74) is 2.37. The van der Waals surface area contributed by atoms with Gasteiger partial charge < -0.3 is 15.4 Å². The predicted octanol–water partition coefficient (Wildman–Crippen LogP) is 3.81. The molecule has 0 bridgehead atoms. The Morgan fingerprint density at radius 1 is 0.944 bits per heavy atom. The first kappa shape index (κ1) is 25.4. The lowest BCUT2D eigenvalue weighted by Gasteiger charge is -2.22. The van der Waals surface area contributed by atoms with Crippen LogP contribution in [0.4, 0.5) is 11.4 Å². The quantitative estimate of drug-likeness (QED) is 0.458. The van der Waals surface area contributed by atoms with E-state index in [4.69, 9.17) is 4.74 Å². The van der Waals surface area contributed by atoms with Crippen molar-refractivity contribution in [2.24, 2.45) is 0 Å². The van der Waals surface area contributed by atoms with Crippen LogP contribution < -0.4 is 14.9 Å². The molecule has 0 unspecified atom stereocenters. The summed E-state index contributed by atoms with van der Waals surface area (Å²) in [6, 6.07) is 22.4. The summed E-state index contributed by atoms with van der Waals surface area (Å²) in [6.45, 7) is 1.31. The van der Waals surface area contributed by atoms with Crippen molar-refractivity contribution in [3.8, 4) is 0 Å². The second kappa shape index (κ2) is 11.4. The predicted molar refractivity (Wildman–Crippen MR) is 140 cm³/mol. The Labute approximate surface area is 211 Å². The lowest BCUT2D eigenvalue weighted by atomic mass is 10.1. The molecule has 2 N–H and O–H groups in total. The molecule has 1 atom stereocenters. The average molecular weight is 508 g/mol. The van der Waals surface area contributed by atoms with Gasteiger partial charge in [0.15, 0.2) is 0 Å². The summed E-state index contributed by atoms with van der Waals surface area (Å²) in [6.07, 6.45) is 3.07. The number of ether oxygens (including phenoxy) is 1. The first-order valence-corrected chi connectivity index (χ1v) is 13.6. The van der Waals surface area contributed by atoms with E-state index in [1.807, 2.05) is 30.3 Å². The molecule has 36 heavy (non-hydrogen) atoms. The first-order valence-electron chi connectivity index (χ1n) is 11.7. The monoisotopic (exact) mass is 507 g/mol. The van der Waals surface area contributed by atoms with Crippen LogP contribution in [-0.2, 0) is 21.3 Å². The van der Waals surface area contributed by atoms with Crippen LogP contribution >= 0.6 is 0 Å². The number of benzene rings is 3. The third-order valence-electron chi connectivity index (χ3n) is 5.92. The van der Waals surface area contributed by atoms with Gasteiger partial charge in [0.1, 0.15) is 0 Å². The Kier molecular flexibility index (Phi) is 8.02. The van der Waals surface area contributed by atoms with Crippen LogP contribution in [0.3, 0.4) is 0 Å². The highest BCUT2D eigenvalue weighted by atomic mass is 32.2. The summed E-state index contributed by atoms with van der Waals surface area (Å²) in [5, 5.41) is 5.66. The second-order valence-corrected chi connectivity index (χ2v) is 10.6. The number of amides is 2. The van der Waals surface area contributed by atoms with Crippen molar-refractivity contribution in [3.63, 3.8) is 0 Å². The summed E-state index contributed by atoms with van der Waals surface area (Å²) in [4.78, 5) is 25.7. The molecule has 4 rings (SSSR count). The highest BCUT2D eigenvalue weighted by Gasteiger charge is 2.20. The summed E-state index contributed by atoms with van der Waals surface area (Å²) < 4.78 is 31.7. The SMILES string of the molecule is CS(=O)(=O)N(Cc1ccccc1)c1ccc(C(=O)Nc2ccccc2C(=O)NC[C@H]2CCCO2)cc1. The van der Waals surface area contributed by atoms with Gasteiger partial charge in [-0.15, -0.1) is 0 Å². The van der Waals surface area contributed by atoms with E-state index in [9.17, 15) is 18.0 Å². The van der Waals surface area contributed by atoms with Crippen molar-refractivity contribution < 1.29 is 22.7 Å². The van der Waals surface area contributed by atoms with Crippen LogP contribution in [0.15, 0.2) is 78.9 Å². The number of hydrogen-bond acceptors (Lipinski definition) is 5. The van der Waals surface area contributed by atoms with Gasteiger partial charge in [0.05, 0.1) is 35.8 Å². The van der Waals surface area contributed by atoms with E-state index < -0.39 is 15.9 Å². The van der Waals surface area contributed by atoms with E-state index in [-0.39, 0.29) is 18.6 Å². The molecule has 9 heteroatoms. The molecule has 0 spiro atoms. The number of rotatable bonds is 9. The molecule has 1 aliphatic heterocycles. The zero-order chi connectivity index (χ0) is 25.5. The van der Waals surface area contributed by atoms with Gasteiger partial charge in [-0.1, -0.05) is 42.5 Å². The van der Waals surface area contributed by atoms with E-state index in [0.29, 0.717) is 35.7 Å². The number of para-hydroxylation sites is 1. The van der Waals surface area contributed by atoms with E-state index in [1.54, 1.807) is 48.5 Å². The smallest absolute Gasteiger partial charge is 0.255 e. The normalized spacial score (nSPS) is 15.3. The molecule has 188 valence electrons. The Bertz CT molecular complexity index is 1300. The molecule has 3 aromatic carbocycles. The maximum Gasteiger partial charge on any atom is 0.255 e. The molecule has 3 aromatic rings. The van der Waals surface area contributed by atoms with Crippen LogP contribution in [-0.4, -0.2) is 45.7 Å². The molecule has 2 amide bonds. The number of nitrogens with one attached hydrogen (secondary N) is 2. The highest BCUT2D eigenvalue weighted by Crippen LogP contribution is 2.22. The van der Waals surface area contributed by atoms with Crippen LogP contribution in [0.1, 0.15) is 39.1 Å². The fourth-order valence-electron chi connectivity index (χ4n) is 4.02. The van der Waals surface area contributed by atoms with Gasteiger partial charge in [-0.05, 0) is 54.8 Å². The molecule has 8 nitrogen and oxygen atoms in total. The largest absolute Gasteiger partial charge is 0.376 e. The summed E-state index contributed by atoms with van der Waals surface area (Å²) in [5.74, 6) is -0.698. The van der Waals surface area contributed by atoms with Gasteiger partial charge in [-0.2, -0.15) is 0 Å². The Hall–Kier alpha value is -3.69. The molecular weight excluding hydrogens is 478 g/mol. The summed E-state index contributed by atoms with van der Waals surface area (Å²) >= 11 is 0. The van der Waals surface area contributed by atoms with Crippen LogP contribution in [0.2, 0.25) is 0 Å². The molecule has 1 heterocycles. The topological polar surface area (TPSA) is 105 Å². The third-order valence-corrected chi connectivity index (χ3v) is 7.06. The van der Waals surface area contributed by atoms with E-state index >= 15 is 0 Å². The molecule has 0 aromatic heterocycles. The fourth-order valence-corrected chi connectivity index (χ4v) is 4.91. The Morgan fingerprint density at radius 3 is 2.31 bits per heavy atom. The molecule has 1 saturated heterocycles. The lowest BCUT2D eigenvalue weighted by Crippen LogP contribution is -2.32. The van der Waals surface area contributed by atoms with Gasteiger partial charge in [0, 0.05) is 18.7 Å². The minimum Gasteiger partial charge on any atom is -0.376 e. The molecule has 0 radical (unpaired) electrons. The molecule has 1 aliphatic rings. The number of carbonyl (C=O) groups excluding carboxylic acids is 2. The van der Waals surface area contributed by atoms with Crippen molar-refractivity contribution >= 4 is 33.2 Å². The number of hydrogen-bond donors (Lipinski definition) is 2. The van der Waals surface area contributed by atoms with Gasteiger partial charge in [-0.3, -0.25) is 13.9 Å². The maximum absolute atomic E-state index is 12.9. The fraction of sp³-hybridized carbons (Fsp3) is 0.259. The molecule has 1 fully saturated rings. The molecule has 0 aliphatic carbocycles. The zero-order valence-electron chi connectivity index (χ0n) is 20.0. The van der Waals surface area contributed by atoms with Crippen molar-refractivity contribution in [1.29, 1.82) is 0 Å². The minimum atomic E-state index is -3.55. The first-order chi connectivity index (χ1) is 17.3. The van der Waals surface area contributed by atoms with Gasteiger partial charge >= 0.3 is 0 Å². The number of sulfonamides is 1. The van der Waals surface area contributed by atoms with Gasteiger partial charge in [0.25, 0.3) is 11.8 Å². The zero-order valence-corrected chi connectivity index (χ0v) is 20.8. The average Bonchev–Trinajstić information content (AvgIpc) is 3.40. The minimum absolute atomic E-state index is 0.0163. The maximum atomic E-state index is 12.9. The number of carbonyl (C=O) groups is 2. The van der Waals surface area contributed by atoms with Crippen molar-refractivity contribution in [1.82, 2.24) is 5.32 Å². The van der Waals surface area contributed by atoms with Crippen LogP contribution in [0.25, 0.3) is 0 Å². The highest BCUT2D eigenvalue weighted by molar-refractivity contribution is 7.92. The van der Waals surface area contributed by atoms with Gasteiger partial charge in [-0.25, -0.2) is 8.42 Å². The lowest BCUT2D eigenvalue weighted by molar-refractivity contribution is 0.0858. The molecular formula is C27H29N3O5S. The van der Waals surface area contributed by atoms with Crippen molar-refractivity contribution in [3.05, 3.63) is 95.6 Å².